The number of halogens is 3. The molecule has 0 spiro atoms. The van der Waals surface area contributed by atoms with Gasteiger partial charge in [-0.25, -0.2) is 0 Å². The van der Waals surface area contributed by atoms with Crippen LogP contribution in [0.1, 0.15) is 12.8 Å². The van der Waals surface area contributed by atoms with Crippen LogP contribution in [0.15, 0.2) is 0 Å². The second-order valence-electron chi connectivity index (χ2n) is 2.64. The Morgan fingerprint density at radius 1 is 1.54 bits per heavy atom. The highest BCUT2D eigenvalue weighted by molar-refractivity contribution is 5.83. The number of rotatable bonds is 5. The van der Waals surface area contributed by atoms with Gasteiger partial charge in [-0.2, -0.15) is 13.2 Å². The van der Waals surface area contributed by atoms with Crippen molar-refractivity contribution in [3.8, 4) is 0 Å². The predicted molar refractivity (Wildman–Crippen MR) is 40.1 cm³/mol. The first-order chi connectivity index (χ1) is 5.87. The molecule has 0 rings (SSSR count). The third-order valence-electron chi connectivity index (χ3n) is 1.41. The van der Waals surface area contributed by atoms with E-state index in [1.54, 1.807) is 0 Å². The molecule has 0 aromatic rings. The number of hydrogen-bond donors (Lipinski definition) is 1. The lowest BCUT2D eigenvalue weighted by atomic mass is 10.1. The number of carbonyl (C=O) groups is 1. The predicted octanol–water partition coefficient (Wildman–Crippen LogP) is 0.872. The summed E-state index contributed by atoms with van der Waals surface area (Å²) < 4.78 is 39.5. The molecule has 6 heteroatoms. The smallest absolute Gasteiger partial charge is 0.383 e. The van der Waals surface area contributed by atoms with E-state index in [0.29, 0.717) is 0 Å². The summed E-state index contributed by atoms with van der Waals surface area (Å²) in [6, 6.07) is -0.952. The van der Waals surface area contributed by atoms with Crippen LogP contribution in [0.5, 0.6) is 0 Å². The fourth-order valence-corrected chi connectivity index (χ4v) is 0.723. The van der Waals surface area contributed by atoms with Gasteiger partial charge in [-0.05, 0) is 0 Å². The molecule has 0 aromatic heterocycles. The van der Waals surface area contributed by atoms with E-state index in [2.05, 4.69) is 4.74 Å². The maximum absolute atomic E-state index is 11.6. The molecule has 1 atom stereocenters. The Morgan fingerprint density at radius 2 is 2.08 bits per heavy atom. The van der Waals surface area contributed by atoms with Gasteiger partial charge in [0.25, 0.3) is 0 Å². The van der Waals surface area contributed by atoms with Crippen LogP contribution in [0.25, 0.3) is 0 Å². The zero-order chi connectivity index (χ0) is 10.5. The van der Waals surface area contributed by atoms with Crippen molar-refractivity contribution in [1.29, 1.82) is 0 Å². The monoisotopic (exact) mass is 199 g/mol. The molecule has 0 aliphatic heterocycles. The maximum Gasteiger partial charge on any atom is 0.389 e. The third-order valence-corrected chi connectivity index (χ3v) is 1.41. The average molecular weight is 199 g/mol. The SMILES string of the molecule is COCC(N)C(=O)CCC(F)(F)F. The summed E-state index contributed by atoms with van der Waals surface area (Å²) in [5.74, 6) is -0.626. The van der Waals surface area contributed by atoms with Gasteiger partial charge in [0.1, 0.15) is 0 Å². The van der Waals surface area contributed by atoms with Crippen molar-refractivity contribution in [3.05, 3.63) is 0 Å². The number of nitrogens with two attached hydrogens (primary N) is 1. The molecule has 13 heavy (non-hydrogen) atoms. The Bertz CT molecular complexity index is 170. The van der Waals surface area contributed by atoms with E-state index in [1.165, 1.54) is 7.11 Å². The minimum Gasteiger partial charge on any atom is -0.383 e. The number of hydrogen-bond acceptors (Lipinski definition) is 3. The van der Waals surface area contributed by atoms with Gasteiger partial charge in [-0.3, -0.25) is 4.79 Å². The lowest BCUT2D eigenvalue weighted by Crippen LogP contribution is -2.35. The van der Waals surface area contributed by atoms with E-state index >= 15 is 0 Å². The summed E-state index contributed by atoms with van der Waals surface area (Å²) in [5.41, 5.74) is 5.22. The first kappa shape index (κ1) is 12.4. The maximum atomic E-state index is 11.6. The second-order valence-corrected chi connectivity index (χ2v) is 2.64. The molecule has 0 aromatic carbocycles. The van der Waals surface area contributed by atoms with Crippen molar-refractivity contribution >= 4 is 5.78 Å². The molecule has 0 amide bonds. The molecule has 0 aliphatic rings. The van der Waals surface area contributed by atoms with Crippen LogP contribution in [0.3, 0.4) is 0 Å². The minimum absolute atomic E-state index is 0.0449. The van der Waals surface area contributed by atoms with Gasteiger partial charge in [0.05, 0.1) is 19.1 Å². The van der Waals surface area contributed by atoms with Crippen molar-refractivity contribution in [3.63, 3.8) is 0 Å². The molecule has 0 saturated carbocycles. The van der Waals surface area contributed by atoms with E-state index in [9.17, 15) is 18.0 Å². The standard InChI is InChI=1S/C7H12F3NO2/c1-13-4-5(11)6(12)2-3-7(8,9)10/h5H,2-4,11H2,1H3. The van der Waals surface area contributed by atoms with E-state index in [1.807, 2.05) is 0 Å². The first-order valence-corrected chi connectivity index (χ1v) is 3.71. The van der Waals surface area contributed by atoms with E-state index in [-0.39, 0.29) is 6.61 Å². The second kappa shape index (κ2) is 5.18. The molecular formula is C7H12F3NO2. The highest BCUT2D eigenvalue weighted by Gasteiger charge is 2.28. The van der Waals surface area contributed by atoms with Gasteiger partial charge in [-0.15, -0.1) is 0 Å². The van der Waals surface area contributed by atoms with Gasteiger partial charge in [0, 0.05) is 13.5 Å². The fraction of sp³-hybridized carbons (Fsp3) is 0.857. The molecule has 0 saturated heterocycles. The fourth-order valence-electron chi connectivity index (χ4n) is 0.723. The summed E-state index contributed by atoms with van der Waals surface area (Å²) in [6.07, 6.45) is -6.00. The molecule has 2 N–H and O–H groups in total. The molecule has 0 radical (unpaired) electrons. The van der Waals surface area contributed by atoms with Crippen LogP contribution >= 0.6 is 0 Å². The molecule has 0 fully saturated rings. The quantitative estimate of drug-likeness (QED) is 0.714. The van der Waals surface area contributed by atoms with Gasteiger partial charge in [0.2, 0.25) is 0 Å². The van der Waals surface area contributed by atoms with Crippen molar-refractivity contribution < 1.29 is 22.7 Å². The van der Waals surface area contributed by atoms with Crippen LogP contribution in [0.2, 0.25) is 0 Å². The van der Waals surface area contributed by atoms with Crippen LogP contribution in [-0.2, 0) is 9.53 Å². The van der Waals surface area contributed by atoms with Crippen LogP contribution in [0, 0.1) is 0 Å². The molecule has 0 aliphatic carbocycles. The van der Waals surface area contributed by atoms with Crippen LogP contribution in [0.4, 0.5) is 13.2 Å². The molecular weight excluding hydrogens is 187 g/mol. The average Bonchev–Trinajstić information content (AvgIpc) is 1.99. The number of Topliss-reactive ketones (excluding diaryl/α,β-unsaturated/α-hetero) is 1. The lowest BCUT2D eigenvalue weighted by molar-refractivity contribution is -0.144. The first-order valence-electron chi connectivity index (χ1n) is 3.71. The summed E-state index contributed by atoms with van der Waals surface area (Å²) in [6.45, 7) is -0.0449. The Labute approximate surface area is 74.0 Å². The van der Waals surface area contributed by atoms with E-state index in [0.717, 1.165) is 0 Å². The zero-order valence-corrected chi connectivity index (χ0v) is 7.23. The number of methoxy groups -OCH3 is 1. The zero-order valence-electron chi connectivity index (χ0n) is 7.23. The summed E-state index contributed by atoms with van der Waals surface area (Å²) in [5, 5.41) is 0. The van der Waals surface area contributed by atoms with Crippen molar-refractivity contribution in [2.45, 2.75) is 25.1 Å². The normalized spacial score (nSPS) is 14.2. The van der Waals surface area contributed by atoms with Gasteiger partial charge >= 0.3 is 6.18 Å². The Hall–Kier alpha value is -0.620. The van der Waals surface area contributed by atoms with E-state index in [4.69, 9.17) is 5.73 Å². The number of ketones is 1. The molecule has 1 unspecified atom stereocenters. The van der Waals surface area contributed by atoms with Gasteiger partial charge < -0.3 is 10.5 Å². The highest BCUT2D eigenvalue weighted by atomic mass is 19.4. The van der Waals surface area contributed by atoms with Crippen LogP contribution < -0.4 is 5.73 Å². The van der Waals surface area contributed by atoms with Gasteiger partial charge in [0.15, 0.2) is 5.78 Å². The topological polar surface area (TPSA) is 52.3 Å². The minimum atomic E-state index is -4.30. The Balaban J connectivity index is 3.74. The number of alkyl halides is 3. The molecule has 0 heterocycles. The van der Waals surface area contributed by atoms with Crippen molar-refractivity contribution in [2.24, 2.45) is 5.73 Å². The number of carbonyl (C=O) groups excluding carboxylic acids is 1. The van der Waals surface area contributed by atoms with Crippen molar-refractivity contribution in [1.82, 2.24) is 0 Å². The molecule has 3 nitrogen and oxygen atoms in total. The van der Waals surface area contributed by atoms with Crippen LogP contribution in [-0.4, -0.2) is 31.7 Å². The Morgan fingerprint density at radius 3 is 2.46 bits per heavy atom. The summed E-state index contributed by atoms with van der Waals surface area (Å²) in [7, 11) is 1.33. The highest BCUT2D eigenvalue weighted by Crippen LogP contribution is 2.21. The summed E-state index contributed by atoms with van der Waals surface area (Å²) >= 11 is 0. The Kier molecular flexibility index (Phi) is 4.94. The number of ether oxygens (including phenoxy) is 1. The van der Waals surface area contributed by atoms with Gasteiger partial charge in [-0.1, -0.05) is 0 Å². The van der Waals surface area contributed by atoms with E-state index < -0.39 is 30.8 Å². The third kappa shape index (κ3) is 6.53. The molecule has 78 valence electrons. The lowest BCUT2D eigenvalue weighted by Gasteiger charge is -2.10. The van der Waals surface area contributed by atoms with Crippen molar-refractivity contribution in [2.75, 3.05) is 13.7 Å². The summed E-state index contributed by atoms with van der Waals surface area (Å²) in [4.78, 5) is 10.9. The molecule has 0 bridgehead atoms. The largest absolute Gasteiger partial charge is 0.389 e.